The number of hydrogen-bond donors (Lipinski definition) is 1. The van der Waals surface area contributed by atoms with Crippen LogP contribution in [0, 0.1) is 5.82 Å². The number of para-hydroxylation sites is 1. The van der Waals surface area contributed by atoms with Crippen molar-refractivity contribution in [1.82, 2.24) is 14.9 Å². The Labute approximate surface area is 182 Å². The number of hydrogen-bond acceptors (Lipinski definition) is 5. The van der Waals surface area contributed by atoms with Crippen LogP contribution in [-0.4, -0.2) is 27.3 Å². The Balaban J connectivity index is 1.82. The van der Waals surface area contributed by atoms with E-state index in [9.17, 15) is 14.0 Å². The van der Waals surface area contributed by atoms with Gasteiger partial charge in [0.05, 0.1) is 16.8 Å². The minimum absolute atomic E-state index is 0.0753. The normalized spacial score (nSPS) is 14.5. The highest BCUT2D eigenvalue weighted by Crippen LogP contribution is 2.35. The first-order valence-electron chi connectivity index (χ1n) is 10.2. The number of fused-ring (bicyclic) bond motifs is 3. The van der Waals surface area contributed by atoms with E-state index in [1.807, 2.05) is 13.8 Å². The van der Waals surface area contributed by atoms with Gasteiger partial charge in [-0.05, 0) is 56.7 Å². The van der Waals surface area contributed by atoms with E-state index in [0.717, 1.165) is 37.7 Å². The van der Waals surface area contributed by atoms with Gasteiger partial charge in [0.2, 0.25) is 5.91 Å². The second-order valence-corrected chi connectivity index (χ2v) is 9.57. The lowest BCUT2D eigenvalue weighted by Gasteiger charge is -2.15. The van der Waals surface area contributed by atoms with Crippen LogP contribution in [0.1, 0.15) is 43.6 Å². The molecule has 3 aromatic rings. The molecule has 1 amide bonds. The molecular weight excluding hydrogens is 421 g/mol. The van der Waals surface area contributed by atoms with Gasteiger partial charge in [-0.25, -0.2) is 9.37 Å². The molecule has 8 heteroatoms. The molecule has 0 aliphatic heterocycles. The zero-order chi connectivity index (χ0) is 21.3. The number of aryl methyl sites for hydroxylation is 2. The minimum atomic E-state index is -0.490. The number of nitrogens with one attached hydrogen (secondary N) is 1. The molecule has 4 rings (SSSR count). The lowest BCUT2D eigenvalue weighted by atomic mass is 9.97. The summed E-state index contributed by atoms with van der Waals surface area (Å²) in [6, 6.07) is 6.27. The fourth-order valence-electron chi connectivity index (χ4n) is 3.68. The molecule has 2 aromatic heterocycles. The summed E-state index contributed by atoms with van der Waals surface area (Å²) < 4.78 is 16.0. The van der Waals surface area contributed by atoms with Crippen LogP contribution in [0.4, 0.5) is 4.39 Å². The number of thiophene rings is 1. The molecule has 1 aliphatic rings. The molecule has 0 fully saturated rings. The van der Waals surface area contributed by atoms with Crippen molar-refractivity contribution in [3.63, 3.8) is 0 Å². The molecular formula is C22H24FN3O2S2. The van der Waals surface area contributed by atoms with E-state index in [1.165, 1.54) is 27.3 Å². The van der Waals surface area contributed by atoms with Crippen molar-refractivity contribution in [2.45, 2.75) is 57.1 Å². The molecule has 1 aromatic carbocycles. The number of amides is 1. The Morgan fingerprint density at radius 1 is 1.33 bits per heavy atom. The average molecular weight is 446 g/mol. The summed E-state index contributed by atoms with van der Waals surface area (Å²) in [5.41, 5.74) is 0.974. The first kappa shape index (κ1) is 21.1. The van der Waals surface area contributed by atoms with Crippen LogP contribution in [0.15, 0.2) is 34.2 Å². The first-order chi connectivity index (χ1) is 14.5. The number of benzene rings is 1. The van der Waals surface area contributed by atoms with Crippen molar-refractivity contribution in [1.29, 1.82) is 0 Å². The predicted octanol–water partition coefficient (Wildman–Crippen LogP) is 4.47. The van der Waals surface area contributed by atoms with Crippen molar-refractivity contribution in [2.75, 3.05) is 5.75 Å². The summed E-state index contributed by atoms with van der Waals surface area (Å²) in [7, 11) is 0. The van der Waals surface area contributed by atoms with Gasteiger partial charge >= 0.3 is 0 Å². The maximum absolute atomic E-state index is 14.6. The van der Waals surface area contributed by atoms with Crippen LogP contribution in [0.5, 0.6) is 0 Å². The zero-order valence-corrected chi connectivity index (χ0v) is 18.7. The number of thioether (sulfide) groups is 1. The van der Waals surface area contributed by atoms with Crippen LogP contribution in [0.2, 0.25) is 0 Å². The van der Waals surface area contributed by atoms with Crippen LogP contribution in [-0.2, 0) is 17.6 Å². The Bertz CT molecular complexity index is 1160. The van der Waals surface area contributed by atoms with E-state index in [0.29, 0.717) is 15.4 Å². The van der Waals surface area contributed by atoms with E-state index in [4.69, 9.17) is 4.98 Å². The van der Waals surface area contributed by atoms with Crippen molar-refractivity contribution in [3.05, 3.63) is 50.9 Å². The van der Waals surface area contributed by atoms with Crippen LogP contribution < -0.4 is 10.9 Å². The molecule has 0 saturated heterocycles. The van der Waals surface area contributed by atoms with Gasteiger partial charge in [-0.3, -0.25) is 14.2 Å². The fourth-order valence-corrected chi connectivity index (χ4v) is 5.80. The lowest BCUT2D eigenvalue weighted by Crippen LogP contribution is -2.33. The Morgan fingerprint density at radius 2 is 2.10 bits per heavy atom. The monoisotopic (exact) mass is 445 g/mol. The molecule has 5 nitrogen and oxygen atoms in total. The lowest BCUT2D eigenvalue weighted by molar-refractivity contribution is -0.119. The van der Waals surface area contributed by atoms with Gasteiger partial charge in [-0.1, -0.05) is 30.8 Å². The molecule has 30 heavy (non-hydrogen) atoms. The summed E-state index contributed by atoms with van der Waals surface area (Å²) in [5, 5.41) is 3.86. The van der Waals surface area contributed by atoms with Crippen molar-refractivity contribution in [3.8, 4) is 5.69 Å². The van der Waals surface area contributed by atoms with Gasteiger partial charge in [0.25, 0.3) is 5.56 Å². The second kappa shape index (κ2) is 8.89. The molecule has 158 valence electrons. The number of nitrogens with zero attached hydrogens (tertiary/aromatic N) is 2. The third kappa shape index (κ3) is 4.03. The Kier molecular flexibility index (Phi) is 6.24. The molecule has 1 aliphatic carbocycles. The molecule has 1 N–H and O–H groups in total. The summed E-state index contributed by atoms with van der Waals surface area (Å²) in [5.74, 6) is -0.507. The standard InChI is InChI=1S/C22H24FN3O2S2/c1-3-13(2)24-18(27)12-29-22-25-20-19(14-8-4-7-11-17(14)30-20)21(28)26(22)16-10-6-5-9-15(16)23/h5-6,9-10,13H,3-4,7-8,11-12H2,1-2H3,(H,24,27). The Morgan fingerprint density at radius 3 is 2.87 bits per heavy atom. The van der Waals surface area contributed by atoms with Crippen molar-refractivity contribution < 1.29 is 9.18 Å². The zero-order valence-electron chi connectivity index (χ0n) is 17.0. The second-order valence-electron chi connectivity index (χ2n) is 7.54. The van der Waals surface area contributed by atoms with E-state index in [1.54, 1.807) is 29.5 Å². The van der Waals surface area contributed by atoms with Gasteiger partial charge in [-0.15, -0.1) is 11.3 Å². The van der Waals surface area contributed by atoms with Gasteiger partial charge < -0.3 is 5.32 Å². The predicted molar refractivity (Wildman–Crippen MR) is 120 cm³/mol. The van der Waals surface area contributed by atoms with Gasteiger partial charge in [-0.2, -0.15) is 0 Å². The number of aromatic nitrogens is 2. The SMILES string of the molecule is CCC(C)NC(=O)CSc1nc2sc3c(c2c(=O)n1-c1ccccc1F)CCCC3. The third-order valence-electron chi connectivity index (χ3n) is 5.40. The molecule has 0 radical (unpaired) electrons. The third-order valence-corrected chi connectivity index (χ3v) is 7.53. The van der Waals surface area contributed by atoms with Crippen LogP contribution >= 0.6 is 23.1 Å². The molecule has 1 atom stereocenters. The quantitative estimate of drug-likeness (QED) is 0.449. The van der Waals surface area contributed by atoms with Gasteiger partial charge in [0, 0.05) is 10.9 Å². The maximum atomic E-state index is 14.6. The highest BCUT2D eigenvalue weighted by atomic mass is 32.2. The summed E-state index contributed by atoms with van der Waals surface area (Å²) >= 11 is 2.72. The molecule has 0 saturated carbocycles. The van der Waals surface area contributed by atoms with Crippen LogP contribution in [0.25, 0.3) is 15.9 Å². The summed E-state index contributed by atoms with van der Waals surface area (Å²) in [6.45, 7) is 3.94. The number of carbonyl (C=O) groups is 1. The maximum Gasteiger partial charge on any atom is 0.267 e. The highest BCUT2D eigenvalue weighted by Gasteiger charge is 2.24. The summed E-state index contributed by atoms with van der Waals surface area (Å²) in [6.07, 6.45) is 4.80. The minimum Gasteiger partial charge on any atom is -0.353 e. The fraction of sp³-hybridized carbons (Fsp3) is 0.409. The molecule has 1 unspecified atom stereocenters. The smallest absolute Gasteiger partial charge is 0.267 e. The van der Waals surface area contributed by atoms with E-state index in [2.05, 4.69) is 5.32 Å². The number of carbonyl (C=O) groups excluding carboxylic acids is 1. The first-order valence-corrected chi connectivity index (χ1v) is 12.0. The van der Waals surface area contributed by atoms with E-state index in [-0.39, 0.29) is 28.9 Å². The van der Waals surface area contributed by atoms with Gasteiger partial charge in [0.1, 0.15) is 10.6 Å². The van der Waals surface area contributed by atoms with E-state index < -0.39 is 5.82 Å². The number of rotatable bonds is 6. The van der Waals surface area contributed by atoms with Crippen molar-refractivity contribution in [2.24, 2.45) is 0 Å². The van der Waals surface area contributed by atoms with E-state index >= 15 is 0 Å². The van der Waals surface area contributed by atoms with Gasteiger partial charge in [0.15, 0.2) is 5.16 Å². The molecule has 0 bridgehead atoms. The Hall–Kier alpha value is -2.19. The van der Waals surface area contributed by atoms with Crippen molar-refractivity contribution >= 4 is 39.2 Å². The number of halogens is 1. The largest absolute Gasteiger partial charge is 0.353 e. The highest BCUT2D eigenvalue weighted by molar-refractivity contribution is 7.99. The van der Waals surface area contributed by atoms with Crippen LogP contribution in [0.3, 0.4) is 0 Å². The topological polar surface area (TPSA) is 64.0 Å². The molecule has 0 spiro atoms. The summed E-state index contributed by atoms with van der Waals surface area (Å²) in [4.78, 5) is 32.5. The average Bonchev–Trinajstić information content (AvgIpc) is 3.11. The molecule has 2 heterocycles.